The van der Waals surface area contributed by atoms with Crippen molar-refractivity contribution in [2.75, 3.05) is 38.1 Å². The topological polar surface area (TPSA) is 74.5 Å². The van der Waals surface area contributed by atoms with Crippen molar-refractivity contribution in [2.24, 2.45) is 0 Å². The Balaban J connectivity index is 0.00000210. The molecule has 3 heterocycles. The predicted molar refractivity (Wildman–Crippen MR) is 101 cm³/mol. The Morgan fingerprint density at radius 3 is 2.93 bits per heavy atom. The van der Waals surface area contributed by atoms with Gasteiger partial charge < -0.3 is 14.7 Å². The van der Waals surface area contributed by atoms with Crippen LogP contribution in [0.25, 0.3) is 0 Å². The Morgan fingerprint density at radius 2 is 2.19 bits per heavy atom. The lowest BCUT2D eigenvalue weighted by atomic mass is 10.1. The number of halogens is 2. The molecule has 27 heavy (non-hydrogen) atoms. The molecule has 0 aliphatic carbocycles. The first-order valence-corrected chi connectivity index (χ1v) is 8.84. The van der Waals surface area contributed by atoms with E-state index in [1.54, 1.807) is 12.1 Å². The smallest absolute Gasteiger partial charge is 0.232 e. The quantitative estimate of drug-likeness (QED) is 0.857. The van der Waals surface area contributed by atoms with E-state index >= 15 is 0 Å². The molecule has 1 aromatic carbocycles. The molecule has 0 spiro atoms. The summed E-state index contributed by atoms with van der Waals surface area (Å²) < 4.78 is 19.7. The van der Waals surface area contributed by atoms with Gasteiger partial charge in [0.15, 0.2) is 5.82 Å². The average molecular weight is 396 g/mol. The predicted octanol–water partition coefficient (Wildman–Crippen LogP) is 2.04. The number of likely N-dealkylation sites (N-methyl/N-ethyl adjacent to an activating group) is 1. The molecule has 9 heteroatoms. The SMILES string of the molecule is Cc1ccc(N2CC(c3nc(C4CNCCN4C)no3)CC2=O)c(F)c1.Cl. The monoisotopic (exact) mass is 395 g/mol. The highest BCUT2D eigenvalue weighted by Gasteiger charge is 2.37. The minimum absolute atomic E-state index is 0. The molecule has 0 radical (unpaired) electrons. The number of rotatable bonds is 3. The summed E-state index contributed by atoms with van der Waals surface area (Å²) in [6.45, 7) is 4.78. The number of aromatic nitrogens is 2. The number of hydrogen-bond acceptors (Lipinski definition) is 6. The number of aryl methyl sites for hydroxylation is 1. The van der Waals surface area contributed by atoms with Gasteiger partial charge in [0, 0.05) is 32.6 Å². The normalized spacial score (nSPS) is 23.5. The Bertz CT molecular complexity index is 830. The van der Waals surface area contributed by atoms with Crippen molar-refractivity contribution in [1.29, 1.82) is 0 Å². The van der Waals surface area contributed by atoms with E-state index in [1.807, 2.05) is 14.0 Å². The zero-order valence-corrected chi connectivity index (χ0v) is 16.1. The van der Waals surface area contributed by atoms with Gasteiger partial charge in [-0.1, -0.05) is 11.2 Å². The maximum atomic E-state index is 14.2. The molecule has 7 nitrogen and oxygen atoms in total. The summed E-state index contributed by atoms with van der Waals surface area (Å²) in [7, 11) is 2.03. The Morgan fingerprint density at radius 1 is 1.37 bits per heavy atom. The summed E-state index contributed by atoms with van der Waals surface area (Å²) in [5.41, 5.74) is 1.13. The third-order valence-corrected chi connectivity index (χ3v) is 5.13. The number of hydrogen-bond donors (Lipinski definition) is 1. The maximum absolute atomic E-state index is 14.2. The largest absolute Gasteiger partial charge is 0.339 e. The molecule has 1 N–H and O–H groups in total. The number of nitrogens with zero attached hydrogens (tertiary/aromatic N) is 4. The van der Waals surface area contributed by atoms with Crippen LogP contribution in [0.3, 0.4) is 0 Å². The van der Waals surface area contributed by atoms with Gasteiger partial charge in [-0.3, -0.25) is 9.69 Å². The lowest BCUT2D eigenvalue weighted by Gasteiger charge is -2.30. The molecule has 2 unspecified atom stereocenters. The van der Waals surface area contributed by atoms with E-state index < -0.39 is 0 Å². The molecule has 146 valence electrons. The average Bonchev–Trinajstić information content (AvgIpc) is 3.22. The fourth-order valence-corrected chi connectivity index (χ4v) is 3.58. The van der Waals surface area contributed by atoms with Gasteiger partial charge >= 0.3 is 0 Å². The minimum Gasteiger partial charge on any atom is -0.339 e. The molecule has 2 aliphatic heterocycles. The number of amides is 1. The highest BCUT2D eigenvalue weighted by molar-refractivity contribution is 5.96. The van der Waals surface area contributed by atoms with Gasteiger partial charge in [0.05, 0.1) is 17.6 Å². The van der Waals surface area contributed by atoms with Crippen LogP contribution < -0.4 is 10.2 Å². The fourth-order valence-electron chi connectivity index (χ4n) is 3.58. The molecule has 0 saturated carbocycles. The van der Waals surface area contributed by atoms with Crippen molar-refractivity contribution in [3.63, 3.8) is 0 Å². The number of benzene rings is 1. The van der Waals surface area contributed by atoms with Crippen molar-refractivity contribution in [3.05, 3.63) is 41.3 Å². The molecule has 4 rings (SSSR count). The lowest BCUT2D eigenvalue weighted by molar-refractivity contribution is -0.117. The third kappa shape index (κ3) is 3.83. The number of carbonyl (C=O) groups excluding carboxylic acids is 1. The van der Waals surface area contributed by atoms with Crippen LogP contribution in [0.15, 0.2) is 22.7 Å². The zero-order chi connectivity index (χ0) is 18.3. The van der Waals surface area contributed by atoms with E-state index in [2.05, 4.69) is 20.4 Å². The van der Waals surface area contributed by atoms with Crippen LogP contribution in [-0.2, 0) is 4.79 Å². The zero-order valence-electron chi connectivity index (χ0n) is 15.3. The first kappa shape index (κ1) is 19.7. The first-order valence-electron chi connectivity index (χ1n) is 8.84. The standard InChI is InChI=1S/C18H22FN5O2.ClH/c1-11-3-4-14(13(19)7-11)24-10-12(8-16(24)25)18-21-17(22-26-18)15-9-20-5-6-23(15)2;/h3-4,7,12,15,20H,5-6,8-10H2,1-2H3;1H. The van der Waals surface area contributed by atoms with Gasteiger partial charge in [-0.2, -0.15) is 4.98 Å². The van der Waals surface area contributed by atoms with Crippen molar-refractivity contribution < 1.29 is 13.7 Å². The highest BCUT2D eigenvalue weighted by atomic mass is 35.5. The maximum Gasteiger partial charge on any atom is 0.232 e. The second-order valence-electron chi connectivity index (χ2n) is 7.05. The highest BCUT2D eigenvalue weighted by Crippen LogP contribution is 2.33. The second kappa shape index (κ2) is 7.92. The van der Waals surface area contributed by atoms with Crippen LogP contribution in [0.1, 0.15) is 35.7 Å². The Hall–Kier alpha value is -2.03. The minimum atomic E-state index is -0.389. The van der Waals surface area contributed by atoms with Gasteiger partial charge in [-0.25, -0.2) is 4.39 Å². The van der Waals surface area contributed by atoms with Crippen LogP contribution in [0, 0.1) is 12.7 Å². The number of anilines is 1. The Kier molecular flexibility index (Phi) is 5.78. The van der Waals surface area contributed by atoms with Crippen molar-refractivity contribution in [2.45, 2.75) is 25.3 Å². The fraction of sp³-hybridized carbons (Fsp3) is 0.500. The molecular weight excluding hydrogens is 373 g/mol. The summed E-state index contributed by atoms with van der Waals surface area (Å²) in [5, 5.41) is 7.44. The van der Waals surface area contributed by atoms with Crippen molar-refractivity contribution >= 4 is 24.0 Å². The van der Waals surface area contributed by atoms with Crippen LogP contribution >= 0.6 is 12.4 Å². The third-order valence-electron chi connectivity index (χ3n) is 5.13. The molecule has 2 aliphatic rings. The molecule has 2 saturated heterocycles. The molecule has 1 aromatic heterocycles. The van der Waals surface area contributed by atoms with Gasteiger partial charge in [-0.15, -0.1) is 12.4 Å². The molecule has 0 bridgehead atoms. The van der Waals surface area contributed by atoms with E-state index in [9.17, 15) is 9.18 Å². The summed E-state index contributed by atoms with van der Waals surface area (Å²) in [5.74, 6) is 0.338. The van der Waals surface area contributed by atoms with Crippen LogP contribution in [0.2, 0.25) is 0 Å². The van der Waals surface area contributed by atoms with E-state index in [1.165, 1.54) is 11.0 Å². The molecule has 2 fully saturated rings. The van der Waals surface area contributed by atoms with Gasteiger partial charge in [-0.05, 0) is 31.7 Å². The van der Waals surface area contributed by atoms with Crippen molar-refractivity contribution in [3.8, 4) is 0 Å². The molecular formula is C18H23ClFN5O2. The Labute approximate surface area is 163 Å². The summed E-state index contributed by atoms with van der Waals surface area (Å²) in [4.78, 5) is 20.6. The van der Waals surface area contributed by atoms with Gasteiger partial charge in [0.1, 0.15) is 5.82 Å². The number of carbonyl (C=O) groups is 1. The first-order chi connectivity index (χ1) is 12.5. The van der Waals surface area contributed by atoms with E-state index in [-0.39, 0.29) is 42.5 Å². The van der Waals surface area contributed by atoms with Crippen LogP contribution in [-0.4, -0.2) is 54.2 Å². The second-order valence-corrected chi connectivity index (χ2v) is 7.05. The van der Waals surface area contributed by atoms with E-state index in [0.717, 1.165) is 25.2 Å². The summed E-state index contributed by atoms with van der Waals surface area (Å²) in [6.07, 6.45) is 0.244. The van der Waals surface area contributed by atoms with Crippen LogP contribution in [0.5, 0.6) is 0 Å². The number of nitrogens with one attached hydrogen (secondary N) is 1. The van der Waals surface area contributed by atoms with E-state index in [4.69, 9.17) is 4.52 Å². The summed E-state index contributed by atoms with van der Waals surface area (Å²) in [6, 6.07) is 4.94. The van der Waals surface area contributed by atoms with Crippen LogP contribution in [0.4, 0.5) is 10.1 Å². The van der Waals surface area contributed by atoms with Gasteiger partial charge in [0.25, 0.3) is 0 Å². The molecule has 1 amide bonds. The summed E-state index contributed by atoms with van der Waals surface area (Å²) >= 11 is 0. The van der Waals surface area contributed by atoms with Gasteiger partial charge in [0.2, 0.25) is 11.8 Å². The van der Waals surface area contributed by atoms with E-state index in [0.29, 0.717) is 23.9 Å². The lowest BCUT2D eigenvalue weighted by Crippen LogP contribution is -2.44. The molecule has 2 aromatic rings. The molecule has 2 atom stereocenters. The van der Waals surface area contributed by atoms with Crippen molar-refractivity contribution in [1.82, 2.24) is 20.4 Å². The number of piperazine rings is 1.